The van der Waals surface area contributed by atoms with E-state index in [9.17, 15) is 8.42 Å². The molecule has 0 unspecified atom stereocenters. The van der Waals surface area contributed by atoms with Crippen LogP contribution in [0.5, 0.6) is 0 Å². The maximum Gasteiger partial charge on any atom is 0.214 e. The van der Waals surface area contributed by atoms with E-state index in [0.717, 1.165) is 11.1 Å². The summed E-state index contributed by atoms with van der Waals surface area (Å²) in [7, 11) is -3.09. The van der Waals surface area contributed by atoms with Crippen LogP contribution >= 0.6 is 0 Å². The molecule has 0 bridgehead atoms. The number of hydrogen-bond acceptors (Lipinski definition) is 4. The molecule has 0 aliphatic carbocycles. The van der Waals surface area contributed by atoms with Crippen molar-refractivity contribution in [3.05, 3.63) is 29.6 Å². The van der Waals surface area contributed by atoms with Gasteiger partial charge in [0.05, 0.1) is 12.4 Å². The Bertz CT molecular complexity index is 550. The standard InChI is InChI=1S/C11H14N2O3S/c1-2-17(14,15)13-7-11(8-13)10-5-12-4-3-9(10)6-16-11/h3-5H,2,6-8H2,1H3. The molecule has 0 atom stereocenters. The minimum Gasteiger partial charge on any atom is -0.363 e. The Hall–Kier alpha value is -0.980. The number of pyridine rings is 1. The Balaban J connectivity index is 1.86. The van der Waals surface area contributed by atoms with E-state index in [-0.39, 0.29) is 5.75 Å². The first-order chi connectivity index (χ1) is 8.07. The minimum atomic E-state index is -3.09. The highest BCUT2D eigenvalue weighted by atomic mass is 32.2. The minimum absolute atomic E-state index is 0.142. The van der Waals surface area contributed by atoms with Gasteiger partial charge in [0.2, 0.25) is 10.0 Å². The van der Waals surface area contributed by atoms with Crippen LogP contribution in [0.25, 0.3) is 0 Å². The van der Waals surface area contributed by atoms with Gasteiger partial charge in [0.25, 0.3) is 0 Å². The normalized spacial score (nSPS) is 22.4. The lowest BCUT2D eigenvalue weighted by atomic mass is 9.88. The Labute approximate surface area is 100 Å². The van der Waals surface area contributed by atoms with E-state index in [1.807, 2.05) is 6.07 Å². The third kappa shape index (κ3) is 1.51. The van der Waals surface area contributed by atoms with Gasteiger partial charge in [0, 0.05) is 31.0 Å². The van der Waals surface area contributed by atoms with Gasteiger partial charge in [-0.05, 0) is 18.6 Å². The predicted octanol–water partition coefficient (Wildman–Crippen LogP) is 0.472. The summed E-state index contributed by atoms with van der Waals surface area (Å²) in [6.07, 6.45) is 3.53. The molecule has 0 aromatic carbocycles. The van der Waals surface area contributed by atoms with Gasteiger partial charge in [-0.15, -0.1) is 0 Å². The van der Waals surface area contributed by atoms with Crippen molar-refractivity contribution in [3.8, 4) is 0 Å². The number of nitrogens with zero attached hydrogens (tertiary/aromatic N) is 2. The number of sulfonamides is 1. The summed E-state index contributed by atoms with van der Waals surface area (Å²) in [4.78, 5) is 4.09. The summed E-state index contributed by atoms with van der Waals surface area (Å²) in [6.45, 7) is 3.05. The summed E-state index contributed by atoms with van der Waals surface area (Å²) in [5.41, 5.74) is 1.72. The van der Waals surface area contributed by atoms with Crippen LogP contribution in [0.4, 0.5) is 0 Å². The lowest BCUT2D eigenvalue weighted by molar-refractivity contribution is -0.112. The highest BCUT2D eigenvalue weighted by Crippen LogP contribution is 2.43. The van der Waals surface area contributed by atoms with Gasteiger partial charge < -0.3 is 4.74 Å². The fourth-order valence-corrected chi connectivity index (χ4v) is 3.59. The van der Waals surface area contributed by atoms with Crippen molar-refractivity contribution in [1.82, 2.24) is 9.29 Å². The molecule has 5 nitrogen and oxygen atoms in total. The molecule has 17 heavy (non-hydrogen) atoms. The molecular weight excluding hydrogens is 240 g/mol. The summed E-state index contributed by atoms with van der Waals surface area (Å²) >= 11 is 0. The average molecular weight is 254 g/mol. The monoisotopic (exact) mass is 254 g/mol. The molecule has 92 valence electrons. The van der Waals surface area contributed by atoms with Crippen molar-refractivity contribution in [1.29, 1.82) is 0 Å². The van der Waals surface area contributed by atoms with Gasteiger partial charge in [-0.1, -0.05) is 0 Å². The first kappa shape index (κ1) is 11.1. The van der Waals surface area contributed by atoms with Crippen molar-refractivity contribution >= 4 is 10.0 Å². The average Bonchev–Trinajstić information content (AvgIpc) is 2.66. The van der Waals surface area contributed by atoms with Gasteiger partial charge in [0.1, 0.15) is 5.60 Å². The molecule has 2 aliphatic heterocycles. The molecule has 1 fully saturated rings. The van der Waals surface area contributed by atoms with Crippen LogP contribution in [0, 0.1) is 0 Å². The van der Waals surface area contributed by atoms with Crippen LogP contribution in [-0.2, 0) is 27.0 Å². The Morgan fingerprint density at radius 2 is 2.29 bits per heavy atom. The van der Waals surface area contributed by atoms with Crippen molar-refractivity contribution in [2.45, 2.75) is 19.1 Å². The van der Waals surface area contributed by atoms with Crippen LogP contribution in [0.1, 0.15) is 18.1 Å². The fraction of sp³-hybridized carbons (Fsp3) is 0.545. The molecule has 1 aromatic heterocycles. The third-order valence-electron chi connectivity index (χ3n) is 3.53. The molecule has 1 saturated heterocycles. The van der Waals surface area contributed by atoms with Gasteiger partial charge in [-0.2, -0.15) is 4.31 Å². The van der Waals surface area contributed by atoms with Crippen LogP contribution in [-0.4, -0.2) is 36.5 Å². The second kappa shape index (κ2) is 3.51. The topological polar surface area (TPSA) is 59.5 Å². The number of ether oxygens (including phenoxy) is 1. The van der Waals surface area contributed by atoms with Crippen LogP contribution in [0.2, 0.25) is 0 Å². The van der Waals surface area contributed by atoms with E-state index in [4.69, 9.17) is 4.74 Å². The zero-order chi connectivity index (χ0) is 12.1. The van der Waals surface area contributed by atoms with Crippen molar-refractivity contribution in [2.75, 3.05) is 18.8 Å². The van der Waals surface area contributed by atoms with Gasteiger partial charge in [-0.25, -0.2) is 8.42 Å². The van der Waals surface area contributed by atoms with Crippen molar-refractivity contribution in [3.63, 3.8) is 0 Å². The van der Waals surface area contributed by atoms with Crippen LogP contribution < -0.4 is 0 Å². The number of aromatic nitrogens is 1. The summed E-state index contributed by atoms with van der Waals surface area (Å²) in [6, 6.07) is 1.93. The van der Waals surface area contributed by atoms with Crippen molar-refractivity contribution in [2.24, 2.45) is 0 Å². The molecule has 6 heteroatoms. The number of rotatable bonds is 2. The lowest BCUT2D eigenvalue weighted by Crippen LogP contribution is -2.61. The largest absolute Gasteiger partial charge is 0.363 e. The van der Waals surface area contributed by atoms with E-state index in [2.05, 4.69) is 4.98 Å². The molecule has 0 saturated carbocycles. The third-order valence-corrected chi connectivity index (χ3v) is 5.30. The second-order valence-electron chi connectivity index (χ2n) is 4.48. The zero-order valence-corrected chi connectivity index (χ0v) is 10.4. The molecule has 0 amide bonds. The highest BCUT2D eigenvalue weighted by molar-refractivity contribution is 7.89. The summed E-state index contributed by atoms with van der Waals surface area (Å²) in [5.74, 6) is 0.142. The fourth-order valence-electron chi connectivity index (χ4n) is 2.42. The lowest BCUT2D eigenvalue weighted by Gasteiger charge is -2.46. The van der Waals surface area contributed by atoms with E-state index >= 15 is 0 Å². The second-order valence-corrected chi connectivity index (χ2v) is 6.74. The quantitative estimate of drug-likeness (QED) is 0.770. The molecule has 1 aromatic rings. The molecular formula is C11H14N2O3S. The highest BCUT2D eigenvalue weighted by Gasteiger charge is 2.53. The Kier molecular flexibility index (Phi) is 2.30. The van der Waals surface area contributed by atoms with Gasteiger partial charge in [-0.3, -0.25) is 4.98 Å². The van der Waals surface area contributed by atoms with E-state index in [1.165, 1.54) is 4.31 Å². The predicted molar refractivity (Wildman–Crippen MR) is 61.7 cm³/mol. The van der Waals surface area contributed by atoms with Crippen LogP contribution in [0.3, 0.4) is 0 Å². The SMILES string of the molecule is CCS(=O)(=O)N1CC2(C1)OCc1ccncc12. The molecule has 3 heterocycles. The zero-order valence-electron chi connectivity index (χ0n) is 9.59. The Morgan fingerprint density at radius 3 is 3.00 bits per heavy atom. The Morgan fingerprint density at radius 1 is 1.53 bits per heavy atom. The number of fused-ring (bicyclic) bond motifs is 2. The van der Waals surface area contributed by atoms with E-state index in [0.29, 0.717) is 19.7 Å². The molecule has 1 spiro atoms. The summed E-state index contributed by atoms with van der Waals surface area (Å²) < 4.78 is 30.6. The number of hydrogen-bond donors (Lipinski definition) is 0. The van der Waals surface area contributed by atoms with Crippen LogP contribution in [0.15, 0.2) is 18.5 Å². The van der Waals surface area contributed by atoms with E-state index < -0.39 is 15.6 Å². The maximum atomic E-state index is 11.7. The van der Waals surface area contributed by atoms with Gasteiger partial charge >= 0.3 is 0 Å². The van der Waals surface area contributed by atoms with E-state index in [1.54, 1.807) is 19.3 Å². The molecule has 0 radical (unpaired) electrons. The first-order valence-corrected chi connectivity index (χ1v) is 7.23. The molecule has 3 rings (SSSR count). The van der Waals surface area contributed by atoms with Gasteiger partial charge in [0.15, 0.2) is 0 Å². The van der Waals surface area contributed by atoms with Crippen molar-refractivity contribution < 1.29 is 13.2 Å². The molecule has 0 N–H and O–H groups in total. The first-order valence-electron chi connectivity index (χ1n) is 5.62. The summed E-state index contributed by atoms with van der Waals surface area (Å²) in [5, 5.41) is 0. The molecule has 2 aliphatic rings. The maximum absolute atomic E-state index is 11.7. The smallest absolute Gasteiger partial charge is 0.214 e.